The molecule has 3 rings (SSSR count). The molecular weight excluding hydrogens is 588 g/mol. The van der Waals surface area contributed by atoms with Crippen LogP contribution in [0.15, 0.2) is 30.3 Å². The topological polar surface area (TPSA) is 127 Å². The van der Waals surface area contributed by atoms with Gasteiger partial charge in [-0.3, -0.25) is 34.8 Å². The number of carbonyl (C=O) groups is 4. The Morgan fingerprint density at radius 1 is 1.16 bits per heavy atom. The monoisotopic (exact) mass is 632 g/mol. The van der Waals surface area contributed by atoms with Crippen molar-refractivity contribution < 1.29 is 33.4 Å². The molecule has 2 N–H and O–H groups in total. The molecule has 2 aromatic carbocycles. The van der Waals surface area contributed by atoms with Gasteiger partial charge in [0.05, 0.1) is 19.3 Å². The lowest BCUT2D eigenvalue weighted by molar-refractivity contribution is -0.129. The second-order valence-electron chi connectivity index (χ2n) is 10.1. The molecule has 1 atom stereocenters. The van der Waals surface area contributed by atoms with Crippen molar-refractivity contribution in [2.75, 3.05) is 51.8 Å². The van der Waals surface area contributed by atoms with Crippen LogP contribution in [0.25, 0.3) is 0 Å². The molecule has 1 saturated heterocycles. The fourth-order valence-corrected chi connectivity index (χ4v) is 4.84. The number of hydrogen-bond donors (Lipinski definition) is 2. The molecule has 2 aromatic rings. The van der Waals surface area contributed by atoms with Gasteiger partial charge >= 0.3 is 6.09 Å². The molecule has 242 valence electrons. The van der Waals surface area contributed by atoms with Gasteiger partial charge in [-0.05, 0) is 43.7 Å². The molecule has 0 radical (unpaired) electrons. The maximum atomic E-state index is 12.6. The molecule has 1 fully saturated rings. The van der Waals surface area contributed by atoms with Crippen molar-refractivity contribution in [1.29, 1.82) is 0 Å². The van der Waals surface area contributed by atoms with E-state index in [1.54, 1.807) is 42.3 Å². The Hall–Kier alpha value is -3.51. The van der Waals surface area contributed by atoms with E-state index in [1.807, 2.05) is 27.7 Å². The van der Waals surface area contributed by atoms with Gasteiger partial charge in [0.25, 0.3) is 0 Å². The first-order chi connectivity index (χ1) is 21.2. The number of aldehydes is 1. The third kappa shape index (κ3) is 11.5. The molecule has 12 heteroatoms. The van der Waals surface area contributed by atoms with Gasteiger partial charge in [0.15, 0.2) is 0 Å². The zero-order chi connectivity index (χ0) is 32.5. The number of anilines is 1. The highest BCUT2D eigenvalue weighted by Crippen LogP contribution is 2.30. The summed E-state index contributed by atoms with van der Waals surface area (Å²) < 4.78 is 16.7. The third-order valence-corrected chi connectivity index (χ3v) is 7.43. The van der Waals surface area contributed by atoms with Crippen LogP contribution in [0, 0.1) is 6.92 Å². The van der Waals surface area contributed by atoms with Crippen molar-refractivity contribution in [1.82, 2.24) is 15.1 Å². The molecule has 3 amide bonds. The number of halogens is 1. The van der Waals surface area contributed by atoms with Crippen LogP contribution in [-0.4, -0.2) is 87.0 Å². The van der Waals surface area contributed by atoms with E-state index in [0.29, 0.717) is 72.3 Å². The normalized spacial score (nSPS) is 13.7. The molecule has 1 unspecified atom stereocenters. The highest BCUT2D eigenvalue weighted by atomic mass is 35.5. The van der Waals surface area contributed by atoms with Gasteiger partial charge in [-0.2, -0.15) is 0 Å². The Kier molecular flexibility index (Phi) is 16.4. The molecule has 0 bridgehead atoms. The first kappa shape index (κ1) is 36.7. The summed E-state index contributed by atoms with van der Waals surface area (Å²) in [5, 5.41) is 5.34. The Balaban J connectivity index is 0.00000330. The average Bonchev–Trinajstić information content (AvgIpc) is 3.03. The Bertz CT molecular complexity index is 1240. The summed E-state index contributed by atoms with van der Waals surface area (Å²) in [6, 6.07) is 7.98. The molecule has 44 heavy (non-hydrogen) atoms. The van der Waals surface area contributed by atoms with Gasteiger partial charge in [0.2, 0.25) is 12.3 Å². The molecule has 1 aliphatic heterocycles. The van der Waals surface area contributed by atoms with Gasteiger partial charge in [-0.15, -0.1) is 0 Å². The number of imide groups is 1. The molecule has 0 aromatic heterocycles. The minimum Gasteiger partial charge on any atom is -0.492 e. The van der Waals surface area contributed by atoms with Gasteiger partial charge in [0.1, 0.15) is 25.2 Å². The number of rotatable bonds is 15. The van der Waals surface area contributed by atoms with E-state index in [-0.39, 0.29) is 12.5 Å². The fraction of sp³-hybridized carbons (Fsp3) is 0.500. The first-order valence-electron chi connectivity index (χ1n) is 14.9. The van der Waals surface area contributed by atoms with Crippen molar-refractivity contribution in [3.63, 3.8) is 0 Å². The quantitative estimate of drug-likeness (QED) is 0.266. The van der Waals surface area contributed by atoms with E-state index in [9.17, 15) is 19.2 Å². The first-order valence-corrected chi connectivity index (χ1v) is 15.3. The van der Waals surface area contributed by atoms with Crippen molar-refractivity contribution in [2.45, 2.75) is 59.7 Å². The predicted octanol–water partition coefficient (Wildman–Crippen LogP) is 4.82. The average molecular weight is 633 g/mol. The predicted molar refractivity (Wildman–Crippen MR) is 170 cm³/mol. The van der Waals surface area contributed by atoms with E-state index in [2.05, 4.69) is 15.5 Å². The van der Waals surface area contributed by atoms with Crippen LogP contribution >= 0.6 is 11.6 Å². The lowest BCUT2D eigenvalue weighted by atomic mass is 10.0. The summed E-state index contributed by atoms with van der Waals surface area (Å²) in [6.45, 7) is 12.4. The van der Waals surface area contributed by atoms with Gasteiger partial charge < -0.3 is 14.2 Å². The number of morpholine rings is 1. The highest BCUT2D eigenvalue weighted by molar-refractivity contribution is 6.31. The number of ether oxygens (including phenoxy) is 3. The van der Waals surface area contributed by atoms with E-state index < -0.39 is 12.1 Å². The van der Waals surface area contributed by atoms with Crippen LogP contribution in [-0.2, 0) is 32.2 Å². The number of benzene rings is 2. The Morgan fingerprint density at radius 2 is 1.89 bits per heavy atom. The number of nitrogens with one attached hydrogen (secondary N) is 2. The summed E-state index contributed by atoms with van der Waals surface area (Å²) in [5.74, 6) is 0.187. The highest BCUT2D eigenvalue weighted by Gasteiger charge is 2.23. The van der Waals surface area contributed by atoms with Crippen LogP contribution in [0.2, 0.25) is 5.02 Å². The molecule has 1 aliphatic rings. The van der Waals surface area contributed by atoms with Crippen molar-refractivity contribution in [3.05, 3.63) is 57.6 Å². The summed E-state index contributed by atoms with van der Waals surface area (Å²) >= 11 is 6.38. The molecular formula is C32H45ClN4O7. The minimum absolute atomic E-state index is 0.0640. The van der Waals surface area contributed by atoms with Gasteiger partial charge in [0, 0.05) is 54.1 Å². The van der Waals surface area contributed by atoms with Crippen molar-refractivity contribution in [3.8, 4) is 5.75 Å². The summed E-state index contributed by atoms with van der Waals surface area (Å²) in [4.78, 5) is 51.5. The second-order valence-corrected chi connectivity index (χ2v) is 10.5. The zero-order valence-electron chi connectivity index (χ0n) is 26.3. The summed E-state index contributed by atoms with van der Waals surface area (Å²) in [6.07, 6.45) is 1.71. The third-order valence-electron chi connectivity index (χ3n) is 7.04. The van der Waals surface area contributed by atoms with Crippen LogP contribution in [0.3, 0.4) is 0 Å². The molecule has 0 saturated carbocycles. The molecule has 0 aliphatic carbocycles. The van der Waals surface area contributed by atoms with Gasteiger partial charge in [-0.25, -0.2) is 4.79 Å². The van der Waals surface area contributed by atoms with Crippen molar-refractivity contribution >= 4 is 42.0 Å². The van der Waals surface area contributed by atoms with Crippen LogP contribution in [0.4, 0.5) is 10.5 Å². The standard InChI is InChI=1S/C30H39ClN4O7.C2H6/c1-4-5-27(29(38)32-20-37)34(3)17-23-7-6-22(14-24(23)18-36)19-42-30(39)33-25-15-26(31)21(2)28(16-25)41-13-10-35-8-11-40-12-9-35;1-2/h6-7,14-16,18,20,27H,4-5,8-13,17,19H2,1-3H3,(H,33,39)(H,32,37,38);1-2H3. The lowest BCUT2D eigenvalue weighted by Gasteiger charge is -2.26. The number of likely N-dealkylation sites (N-methyl/N-ethyl adjacent to an activating group) is 1. The fourth-order valence-electron chi connectivity index (χ4n) is 4.63. The van der Waals surface area contributed by atoms with Crippen LogP contribution in [0.1, 0.15) is 60.7 Å². The van der Waals surface area contributed by atoms with Crippen molar-refractivity contribution in [2.24, 2.45) is 0 Å². The molecule has 0 spiro atoms. The minimum atomic E-state index is -0.686. The summed E-state index contributed by atoms with van der Waals surface area (Å²) in [7, 11) is 1.76. The lowest BCUT2D eigenvalue weighted by Crippen LogP contribution is -2.44. The maximum Gasteiger partial charge on any atom is 0.411 e. The van der Waals surface area contributed by atoms with E-state index >= 15 is 0 Å². The number of carbonyl (C=O) groups excluding carboxylic acids is 4. The van der Waals surface area contributed by atoms with E-state index in [4.69, 9.17) is 25.8 Å². The SMILES string of the molecule is CC.CCCC(C(=O)NC=O)N(C)Cc1ccc(COC(=O)Nc2cc(Cl)c(C)c(OCCN3CCOCC3)c2)cc1C=O. The maximum absolute atomic E-state index is 12.6. The van der Waals surface area contributed by atoms with Crippen LogP contribution < -0.4 is 15.4 Å². The Morgan fingerprint density at radius 3 is 2.55 bits per heavy atom. The van der Waals surface area contributed by atoms with E-state index in [1.165, 1.54) is 0 Å². The molecule has 11 nitrogen and oxygen atoms in total. The summed E-state index contributed by atoms with van der Waals surface area (Å²) in [5.41, 5.74) is 2.95. The van der Waals surface area contributed by atoms with Crippen LogP contribution in [0.5, 0.6) is 5.75 Å². The smallest absolute Gasteiger partial charge is 0.411 e. The van der Waals surface area contributed by atoms with E-state index in [0.717, 1.165) is 37.9 Å². The number of nitrogens with zero attached hydrogens (tertiary/aromatic N) is 2. The largest absolute Gasteiger partial charge is 0.492 e. The Labute approximate surface area is 265 Å². The second kappa shape index (κ2) is 19.7. The number of amides is 3. The zero-order valence-corrected chi connectivity index (χ0v) is 27.1. The molecule has 1 heterocycles. The van der Waals surface area contributed by atoms with Gasteiger partial charge in [-0.1, -0.05) is 50.9 Å². The number of hydrogen-bond acceptors (Lipinski definition) is 9.